The number of carbonyl (C=O) groups is 2. The van der Waals surface area contributed by atoms with Gasteiger partial charge in [-0.2, -0.15) is 5.10 Å². The van der Waals surface area contributed by atoms with Gasteiger partial charge in [0.25, 0.3) is 0 Å². The number of hydrogen-bond acceptors (Lipinski definition) is 5. The van der Waals surface area contributed by atoms with E-state index in [0.29, 0.717) is 18.3 Å². The van der Waals surface area contributed by atoms with E-state index in [1.54, 1.807) is 11.8 Å². The van der Waals surface area contributed by atoms with Crippen LogP contribution in [0.1, 0.15) is 46.7 Å². The number of amides is 2. The molecule has 0 aliphatic heterocycles. The molecular formula is C24H36N4O4. The highest BCUT2D eigenvalue weighted by Gasteiger charge is 2.23. The van der Waals surface area contributed by atoms with E-state index in [-0.39, 0.29) is 30.4 Å². The SMILES string of the molecule is COCC(=O)N(CCC(C)C)CC(=O)Nc1cc(C(C)(C)C)nn1-c1ccc(OC)cc1. The standard InChI is InChI=1S/C24H36N4O4/c1-17(2)12-13-27(23(30)16-31-6)15-22(29)25-21-14-20(24(3,4)5)26-28(21)18-8-10-19(32-7)11-9-18/h8-11,14,17H,12-13,15-16H2,1-7H3,(H,25,29). The molecule has 0 radical (unpaired) electrons. The maximum absolute atomic E-state index is 12.9. The first kappa shape index (κ1) is 25.4. The fourth-order valence-corrected chi connectivity index (χ4v) is 3.03. The van der Waals surface area contributed by atoms with Crippen molar-refractivity contribution in [1.29, 1.82) is 0 Å². The van der Waals surface area contributed by atoms with E-state index in [4.69, 9.17) is 14.6 Å². The lowest BCUT2D eigenvalue weighted by Gasteiger charge is -2.23. The Morgan fingerprint density at radius 2 is 1.81 bits per heavy atom. The van der Waals surface area contributed by atoms with Crippen LogP contribution < -0.4 is 10.1 Å². The first-order valence-electron chi connectivity index (χ1n) is 10.9. The topological polar surface area (TPSA) is 85.7 Å². The summed E-state index contributed by atoms with van der Waals surface area (Å²) in [6.45, 7) is 10.8. The Hall–Kier alpha value is -2.87. The maximum atomic E-state index is 12.9. The Bertz CT molecular complexity index is 898. The highest BCUT2D eigenvalue weighted by atomic mass is 16.5. The van der Waals surface area contributed by atoms with Crippen molar-refractivity contribution >= 4 is 17.6 Å². The third-order valence-corrected chi connectivity index (χ3v) is 4.99. The van der Waals surface area contributed by atoms with Crippen LogP contribution in [-0.2, 0) is 19.7 Å². The zero-order valence-electron chi connectivity index (χ0n) is 20.3. The van der Waals surface area contributed by atoms with E-state index >= 15 is 0 Å². The van der Waals surface area contributed by atoms with Gasteiger partial charge in [-0.3, -0.25) is 9.59 Å². The van der Waals surface area contributed by atoms with Crippen LogP contribution in [-0.4, -0.2) is 60.4 Å². The molecule has 0 saturated carbocycles. The summed E-state index contributed by atoms with van der Waals surface area (Å²) in [5.41, 5.74) is 1.44. The van der Waals surface area contributed by atoms with Crippen LogP contribution in [0.2, 0.25) is 0 Å². The second kappa shape index (κ2) is 11.1. The lowest BCUT2D eigenvalue weighted by molar-refractivity contribution is -0.138. The van der Waals surface area contributed by atoms with Crippen molar-refractivity contribution in [1.82, 2.24) is 14.7 Å². The summed E-state index contributed by atoms with van der Waals surface area (Å²) in [6, 6.07) is 9.32. The Kier molecular flexibility index (Phi) is 8.83. The van der Waals surface area contributed by atoms with Crippen LogP contribution in [0.5, 0.6) is 5.75 Å². The molecule has 0 bridgehead atoms. The molecule has 0 spiro atoms. The lowest BCUT2D eigenvalue weighted by Crippen LogP contribution is -2.41. The third kappa shape index (κ3) is 7.09. The molecule has 2 aromatic rings. The Morgan fingerprint density at radius 1 is 1.16 bits per heavy atom. The molecule has 1 N–H and O–H groups in total. The summed E-state index contributed by atoms with van der Waals surface area (Å²) in [6.07, 6.45) is 0.806. The Morgan fingerprint density at radius 3 is 2.34 bits per heavy atom. The lowest BCUT2D eigenvalue weighted by atomic mass is 9.92. The van der Waals surface area contributed by atoms with Crippen molar-refractivity contribution in [2.75, 3.05) is 39.2 Å². The van der Waals surface area contributed by atoms with Gasteiger partial charge in [0.2, 0.25) is 11.8 Å². The molecule has 8 nitrogen and oxygen atoms in total. The second-order valence-electron chi connectivity index (χ2n) is 9.25. The molecule has 1 heterocycles. The predicted octanol–water partition coefficient (Wildman–Crippen LogP) is 3.64. The molecule has 0 saturated heterocycles. The molecule has 176 valence electrons. The second-order valence-corrected chi connectivity index (χ2v) is 9.25. The molecular weight excluding hydrogens is 408 g/mol. The van der Waals surface area contributed by atoms with Gasteiger partial charge < -0.3 is 19.7 Å². The van der Waals surface area contributed by atoms with Gasteiger partial charge in [-0.1, -0.05) is 34.6 Å². The number of ether oxygens (including phenoxy) is 2. The zero-order chi connectivity index (χ0) is 23.9. The summed E-state index contributed by atoms with van der Waals surface area (Å²) in [5, 5.41) is 7.66. The summed E-state index contributed by atoms with van der Waals surface area (Å²) < 4.78 is 11.9. The molecule has 32 heavy (non-hydrogen) atoms. The van der Waals surface area contributed by atoms with Gasteiger partial charge in [-0.25, -0.2) is 4.68 Å². The number of anilines is 1. The van der Waals surface area contributed by atoms with Crippen molar-refractivity contribution in [3.05, 3.63) is 36.0 Å². The first-order chi connectivity index (χ1) is 15.0. The van der Waals surface area contributed by atoms with Crippen molar-refractivity contribution in [2.45, 2.75) is 46.5 Å². The first-order valence-corrected chi connectivity index (χ1v) is 10.9. The maximum Gasteiger partial charge on any atom is 0.249 e. The number of benzene rings is 1. The van der Waals surface area contributed by atoms with Crippen LogP contribution in [0.4, 0.5) is 5.82 Å². The molecule has 1 aromatic carbocycles. The quantitative estimate of drug-likeness (QED) is 0.605. The molecule has 0 aliphatic carbocycles. The fraction of sp³-hybridized carbons (Fsp3) is 0.542. The van der Waals surface area contributed by atoms with Crippen LogP contribution >= 0.6 is 0 Å². The van der Waals surface area contributed by atoms with Crippen LogP contribution in [0, 0.1) is 5.92 Å². The highest BCUT2D eigenvalue weighted by Crippen LogP contribution is 2.27. The average molecular weight is 445 g/mol. The van der Waals surface area contributed by atoms with Crippen LogP contribution in [0.3, 0.4) is 0 Å². The van der Waals surface area contributed by atoms with Gasteiger partial charge in [0.15, 0.2) is 0 Å². The van der Waals surface area contributed by atoms with Crippen molar-refractivity contribution < 1.29 is 19.1 Å². The van der Waals surface area contributed by atoms with E-state index in [1.165, 1.54) is 12.0 Å². The van der Waals surface area contributed by atoms with Crippen molar-refractivity contribution in [3.8, 4) is 11.4 Å². The number of carbonyl (C=O) groups excluding carboxylic acids is 2. The number of methoxy groups -OCH3 is 2. The summed E-state index contributed by atoms with van der Waals surface area (Å²) in [4.78, 5) is 26.9. The summed E-state index contributed by atoms with van der Waals surface area (Å²) >= 11 is 0. The average Bonchev–Trinajstić information content (AvgIpc) is 3.15. The molecule has 0 aliphatic rings. The van der Waals surface area contributed by atoms with Gasteiger partial charge in [0, 0.05) is 25.1 Å². The largest absolute Gasteiger partial charge is 0.497 e. The predicted molar refractivity (Wildman–Crippen MR) is 125 cm³/mol. The zero-order valence-corrected chi connectivity index (χ0v) is 20.3. The van der Waals surface area contributed by atoms with Crippen molar-refractivity contribution in [3.63, 3.8) is 0 Å². The molecule has 8 heteroatoms. The van der Waals surface area contributed by atoms with Crippen LogP contribution in [0.25, 0.3) is 5.69 Å². The molecule has 0 atom stereocenters. The molecule has 1 aromatic heterocycles. The van der Waals surface area contributed by atoms with Gasteiger partial charge >= 0.3 is 0 Å². The number of rotatable bonds is 10. The van der Waals surface area contributed by atoms with Gasteiger partial charge in [0.05, 0.1) is 25.0 Å². The van der Waals surface area contributed by atoms with Crippen molar-refractivity contribution in [2.24, 2.45) is 5.92 Å². The van der Waals surface area contributed by atoms with Gasteiger partial charge in [-0.05, 0) is 36.6 Å². The summed E-state index contributed by atoms with van der Waals surface area (Å²) in [5.74, 6) is 1.21. The van der Waals surface area contributed by atoms with E-state index in [9.17, 15) is 9.59 Å². The fourth-order valence-electron chi connectivity index (χ4n) is 3.03. The van der Waals surface area contributed by atoms with E-state index in [1.807, 2.05) is 30.3 Å². The monoisotopic (exact) mass is 444 g/mol. The minimum absolute atomic E-state index is 0.0481. The molecule has 0 fully saturated rings. The van der Waals surface area contributed by atoms with E-state index < -0.39 is 0 Å². The Labute approximate surface area is 190 Å². The molecule has 0 unspecified atom stereocenters. The van der Waals surface area contributed by atoms with Gasteiger partial charge in [-0.15, -0.1) is 0 Å². The third-order valence-electron chi connectivity index (χ3n) is 4.99. The van der Waals surface area contributed by atoms with Gasteiger partial charge in [0.1, 0.15) is 18.2 Å². The molecule has 2 rings (SSSR count). The van der Waals surface area contributed by atoms with E-state index in [2.05, 4.69) is 39.9 Å². The number of nitrogens with zero attached hydrogens (tertiary/aromatic N) is 3. The minimum Gasteiger partial charge on any atom is -0.497 e. The Balaban J connectivity index is 2.27. The number of aromatic nitrogens is 2. The minimum atomic E-state index is -0.284. The van der Waals surface area contributed by atoms with Crippen LogP contribution in [0.15, 0.2) is 30.3 Å². The smallest absolute Gasteiger partial charge is 0.249 e. The van der Waals surface area contributed by atoms with E-state index in [0.717, 1.165) is 23.6 Å². The number of nitrogens with one attached hydrogen (secondary N) is 1. The molecule has 2 amide bonds. The number of hydrogen-bond donors (Lipinski definition) is 1. The summed E-state index contributed by atoms with van der Waals surface area (Å²) in [7, 11) is 3.09. The normalized spacial score (nSPS) is 11.5. The highest BCUT2D eigenvalue weighted by molar-refractivity contribution is 5.94.